The Morgan fingerprint density at radius 3 is 2.08 bits per heavy atom. The number of nitrogens with two attached hydrogens (primary N) is 1. The van der Waals surface area contributed by atoms with E-state index in [-0.39, 0.29) is 62.5 Å². The third-order valence-electron chi connectivity index (χ3n) is 7.44. The fourth-order valence-electron chi connectivity index (χ4n) is 4.95. The number of anilines is 1. The van der Waals surface area contributed by atoms with Crippen LogP contribution in [0.3, 0.4) is 0 Å². The number of rotatable bonds is 17. The number of carbonyl (C=O) groups excluding carboxylic acids is 6. The molecule has 0 bridgehead atoms. The van der Waals surface area contributed by atoms with Crippen molar-refractivity contribution < 1.29 is 33.5 Å². The van der Waals surface area contributed by atoms with E-state index in [1.807, 2.05) is 58.0 Å². The molecular weight excluding hydrogens is 626 g/mol. The van der Waals surface area contributed by atoms with Gasteiger partial charge >= 0.3 is 5.97 Å². The highest BCUT2D eigenvalue weighted by atomic mass is 16.5. The van der Waals surface area contributed by atoms with Gasteiger partial charge < -0.3 is 26.4 Å². The quantitative estimate of drug-likeness (QED) is 0.109. The highest BCUT2D eigenvalue weighted by Crippen LogP contribution is 2.19. The van der Waals surface area contributed by atoms with Crippen molar-refractivity contribution in [2.75, 3.05) is 18.4 Å². The molecule has 5 amide bonds. The Morgan fingerprint density at radius 2 is 1.51 bits per heavy atom. The first-order chi connectivity index (χ1) is 23.6. The second kappa shape index (κ2) is 23.7. The molecule has 0 radical (unpaired) electrons. The molecule has 3 rings (SSSR count). The van der Waals surface area contributed by atoms with Gasteiger partial charge in [-0.15, -0.1) is 0 Å². The summed E-state index contributed by atoms with van der Waals surface area (Å²) in [5.74, 6) is -2.28. The van der Waals surface area contributed by atoms with E-state index in [0.717, 1.165) is 11.1 Å². The minimum absolute atomic E-state index is 0.115. The van der Waals surface area contributed by atoms with E-state index in [1.54, 1.807) is 31.2 Å². The summed E-state index contributed by atoms with van der Waals surface area (Å²) < 4.78 is 4.98. The second-order valence-electron chi connectivity index (χ2n) is 11.2. The Bertz CT molecular complexity index is 1330. The maximum atomic E-state index is 13.5. The van der Waals surface area contributed by atoms with Gasteiger partial charge in [-0.05, 0) is 49.1 Å². The molecule has 270 valence electrons. The van der Waals surface area contributed by atoms with Crippen molar-refractivity contribution in [3.8, 4) is 0 Å². The molecule has 12 heteroatoms. The summed E-state index contributed by atoms with van der Waals surface area (Å²) in [5, 5.41) is 8.34. The molecule has 2 aromatic carbocycles. The van der Waals surface area contributed by atoms with Gasteiger partial charge in [0.2, 0.25) is 29.5 Å². The summed E-state index contributed by atoms with van der Waals surface area (Å²) in [6, 6.07) is 14.1. The molecule has 3 unspecified atom stereocenters. The molecule has 12 nitrogen and oxygen atoms in total. The lowest BCUT2D eigenvalue weighted by molar-refractivity contribution is -0.142. The minimum atomic E-state index is -0.947. The average molecular weight is 682 g/mol. The molecule has 1 aliphatic heterocycles. The van der Waals surface area contributed by atoms with Crippen LogP contribution in [-0.4, -0.2) is 65.6 Å². The molecule has 1 saturated heterocycles. The predicted octanol–water partition coefficient (Wildman–Crippen LogP) is 4.26. The van der Waals surface area contributed by atoms with Gasteiger partial charge in [-0.2, -0.15) is 0 Å². The van der Waals surface area contributed by atoms with Crippen LogP contribution in [-0.2, 0) is 46.5 Å². The van der Waals surface area contributed by atoms with Crippen molar-refractivity contribution in [2.24, 2.45) is 11.7 Å². The summed E-state index contributed by atoms with van der Waals surface area (Å²) in [4.78, 5) is 75.8. The molecule has 0 saturated carbocycles. The zero-order valence-corrected chi connectivity index (χ0v) is 29.9. The number of ether oxygens (including phenoxy) is 1. The van der Waals surface area contributed by atoms with Crippen molar-refractivity contribution in [2.45, 2.75) is 105 Å². The average Bonchev–Trinajstić information content (AvgIpc) is 3.35. The number of nitrogens with zero attached hydrogens (tertiary/aromatic N) is 1. The normalized spacial score (nSPS) is 14.7. The smallest absolute Gasteiger partial charge is 0.302 e. The topological polar surface area (TPSA) is 177 Å². The third kappa shape index (κ3) is 15.5. The number of hydrogen-bond acceptors (Lipinski definition) is 8. The Morgan fingerprint density at radius 1 is 0.857 bits per heavy atom. The van der Waals surface area contributed by atoms with Crippen LogP contribution in [0, 0.1) is 5.92 Å². The summed E-state index contributed by atoms with van der Waals surface area (Å²) in [5.41, 5.74) is 7.83. The van der Waals surface area contributed by atoms with E-state index in [2.05, 4.69) is 16.0 Å². The van der Waals surface area contributed by atoms with Crippen LogP contribution in [0.4, 0.5) is 5.69 Å². The Balaban J connectivity index is 0.00000289. The lowest BCUT2D eigenvalue weighted by Gasteiger charge is -2.23. The number of hydrogen-bond donors (Lipinski definition) is 4. The van der Waals surface area contributed by atoms with Gasteiger partial charge in [-0.1, -0.05) is 83.5 Å². The number of carbonyl (C=O) groups is 6. The van der Waals surface area contributed by atoms with Gasteiger partial charge in [-0.3, -0.25) is 33.7 Å². The largest absolute Gasteiger partial charge is 0.461 e. The zero-order valence-electron chi connectivity index (χ0n) is 29.9. The van der Waals surface area contributed by atoms with E-state index in [9.17, 15) is 28.8 Å². The van der Waals surface area contributed by atoms with Crippen LogP contribution < -0.4 is 21.7 Å². The van der Waals surface area contributed by atoms with Gasteiger partial charge in [-0.25, -0.2) is 0 Å². The molecule has 3 atom stereocenters. The fourth-order valence-corrected chi connectivity index (χ4v) is 4.95. The molecular formula is C37H55N5O7. The lowest BCUT2D eigenvalue weighted by Crippen LogP contribution is -2.53. The third-order valence-corrected chi connectivity index (χ3v) is 7.44. The van der Waals surface area contributed by atoms with E-state index < -0.39 is 29.9 Å². The number of amides is 5. The molecule has 0 aromatic heterocycles. The van der Waals surface area contributed by atoms with E-state index >= 15 is 0 Å². The molecule has 1 fully saturated rings. The molecule has 49 heavy (non-hydrogen) atoms. The van der Waals surface area contributed by atoms with Gasteiger partial charge in [0.05, 0.1) is 0 Å². The van der Waals surface area contributed by atoms with Gasteiger partial charge in [0.15, 0.2) is 0 Å². The Kier molecular flexibility index (Phi) is 20.5. The first kappa shape index (κ1) is 42.4. The summed E-state index contributed by atoms with van der Waals surface area (Å²) in [7, 11) is 0. The number of likely N-dealkylation sites (tertiary alicyclic amines) is 1. The first-order valence-electron chi connectivity index (χ1n) is 17.3. The van der Waals surface area contributed by atoms with Crippen molar-refractivity contribution in [3.63, 3.8) is 0 Å². The van der Waals surface area contributed by atoms with Gasteiger partial charge in [0.25, 0.3) is 0 Å². The van der Waals surface area contributed by atoms with Crippen LogP contribution in [0.5, 0.6) is 0 Å². The molecule has 5 N–H and O–H groups in total. The van der Waals surface area contributed by atoms with E-state index in [0.29, 0.717) is 31.5 Å². The van der Waals surface area contributed by atoms with Gasteiger partial charge in [0.1, 0.15) is 18.7 Å². The molecule has 0 aliphatic carbocycles. The number of nitrogens with one attached hydrogen (secondary N) is 3. The first-order valence-corrected chi connectivity index (χ1v) is 17.3. The van der Waals surface area contributed by atoms with Crippen LogP contribution in [0.1, 0.15) is 91.2 Å². The van der Waals surface area contributed by atoms with Crippen molar-refractivity contribution in [1.29, 1.82) is 0 Å². The van der Waals surface area contributed by atoms with Crippen LogP contribution in [0.25, 0.3) is 0 Å². The maximum absolute atomic E-state index is 13.5. The summed E-state index contributed by atoms with van der Waals surface area (Å²) in [6.45, 7) is 11.7. The van der Waals surface area contributed by atoms with E-state index in [1.165, 1.54) is 11.8 Å². The molecule has 2 aromatic rings. The highest BCUT2D eigenvalue weighted by molar-refractivity contribution is 6.03. The van der Waals surface area contributed by atoms with Crippen LogP contribution >= 0.6 is 0 Å². The van der Waals surface area contributed by atoms with Crippen LogP contribution in [0.2, 0.25) is 0 Å². The summed E-state index contributed by atoms with van der Waals surface area (Å²) >= 11 is 0. The number of esters is 1. The lowest BCUT2D eigenvalue weighted by atomic mass is 10.0. The summed E-state index contributed by atoms with van der Waals surface area (Å²) in [6.07, 6.45) is 2.55. The fraction of sp³-hybridized carbons (Fsp3) is 0.514. The predicted molar refractivity (Wildman–Crippen MR) is 190 cm³/mol. The van der Waals surface area contributed by atoms with Crippen molar-refractivity contribution in [3.05, 3.63) is 65.7 Å². The molecule has 1 aliphatic rings. The SMILES string of the molecule is CC.CC.CC(=O)OCc1ccc(NC(=O)C(CCN)NC(=O)C(Cc2ccccc2)NC(=O)CCCCCN2C(=O)CC(C)C2=O)cc1. The van der Waals surface area contributed by atoms with Crippen molar-refractivity contribution >= 4 is 41.2 Å². The van der Waals surface area contributed by atoms with Crippen molar-refractivity contribution in [1.82, 2.24) is 15.5 Å². The standard InChI is InChI=1S/C33H43N5O7.2C2H6/c1-22-19-30(41)38(33(22)44)18-8-4-7-11-29(40)36-28(20-24-9-5-3-6-10-24)32(43)37-27(16-17-34)31(42)35-26-14-12-25(13-15-26)21-45-23(2)39;2*1-2/h3,5-6,9-10,12-15,22,27-28H,4,7-8,11,16-21,34H2,1-2H3,(H,35,42)(H,36,40)(H,37,43);2*1-2H3. The number of imide groups is 1. The van der Waals surface area contributed by atoms with Crippen LogP contribution in [0.15, 0.2) is 54.6 Å². The zero-order chi connectivity index (χ0) is 36.8. The highest BCUT2D eigenvalue weighted by Gasteiger charge is 2.34. The maximum Gasteiger partial charge on any atom is 0.302 e. The molecule has 0 spiro atoms. The second-order valence-corrected chi connectivity index (χ2v) is 11.2. The Labute approximate surface area is 290 Å². The number of unbranched alkanes of at least 4 members (excludes halogenated alkanes) is 2. The van der Waals surface area contributed by atoms with Gasteiger partial charge in [0, 0.05) is 44.3 Å². The molecule has 1 heterocycles. The number of benzene rings is 2. The Hall–Kier alpha value is -4.58. The minimum Gasteiger partial charge on any atom is -0.461 e. The monoisotopic (exact) mass is 681 g/mol. The van der Waals surface area contributed by atoms with E-state index in [4.69, 9.17) is 10.5 Å².